The standard InChI is InChI=1S/C23H24N2OS2/c1-4-24(5-2)19-11-13-20(14-12-19)25-22(26)21(28-23(25)27)16-17(3)15-18-9-7-6-8-10-18/h6-16H,4-5H2,1-3H3. The van der Waals surface area contributed by atoms with Crippen molar-refractivity contribution in [2.45, 2.75) is 20.8 Å². The molecular formula is C23H24N2OS2. The van der Waals surface area contributed by atoms with Crippen molar-refractivity contribution >= 4 is 51.7 Å². The molecule has 3 rings (SSSR count). The molecule has 144 valence electrons. The Bertz CT molecular complexity index is 913. The fourth-order valence-corrected chi connectivity index (χ4v) is 4.50. The molecule has 1 aliphatic heterocycles. The average Bonchev–Trinajstić information content (AvgIpc) is 2.97. The predicted octanol–water partition coefficient (Wildman–Crippen LogP) is 5.88. The van der Waals surface area contributed by atoms with Crippen molar-refractivity contribution in [1.29, 1.82) is 0 Å². The molecule has 0 N–H and O–H groups in total. The minimum Gasteiger partial charge on any atom is -0.372 e. The summed E-state index contributed by atoms with van der Waals surface area (Å²) in [6, 6.07) is 18.1. The zero-order chi connectivity index (χ0) is 20.1. The van der Waals surface area contributed by atoms with Gasteiger partial charge in [0.05, 0.1) is 10.6 Å². The second-order valence-corrected chi connectivity index (χ2v) is 8.18. The van der Waals surface area contributed by atoms with E-state index in [1.165, 1.54) is 11.8 Å². The molecule has 3 nitrogen and oxygen atoms in total. The lowest BCUT2D eigenvalue weighted by Crippen LogP contribution is -2.27. The molecule has 28 heavy (non-hydrogen) atoms. The molecule has 1 fully saturated rings. The van der Waals surface area contributed by atoms with E-state index in [-0.39, 0.29) is 5.91 Å². The first-order valence-corrected chi connectivity index (χ1v) is 10.6. The Hall–Kier alpha value is -2.37. The van der Waals surface area contributed by atoms with Gasteiger partial charge in [0.1, 0.15) is 0 Å². The Balaban J connectivity index is 1.81. The molecule has 2 aromatic carbocycles. The van der Waals surface area contributed by atoms with Gasteiger partial charge in [0, 0.05) is 18.8 Å². The number of carbonyl (C=O) groups excluding carboxylic acids is 1. The maximum absolute atomic E-state index is 12.9. The number of amides is 1. The third-order valence-electron chi connectivity index (χ3n) is 4.58. The third-order valence-corrected chi connectivity index (χ3v) is 5.89. The summed E-state index contributed by atoms with van der Waals surface area (Å²) in [5.74, 6) is -0.0635. The van der Waals surface area contributed by atoms with E-state index in [1.807, 2.05) is 67.6 Å². The van der Waals surface area contributed by atoms with Gasteiger partial charge in [0.15, 0.2) is 4.32 Å². The van der Waals surface area contributed by atoms with Crippen LogP contribution in [0.4, 0.5) is 11.4 Å². The Morgan fingerprint density at radius 3 is 2.32 bits per heavy atom. The minimum atomic E-state index is -0.0635. The number of carbonyl (C=O) groups is 1. The number of hydrogen-bond acceptors (Lipinski definition) is 4. The van der Waals surface area contributed by atoms with Crippen LogP contribution in [0.5, 0.6) is 0 Å². The summed E-state index contributed by atoms with van der Waals surface area (Å²) >= 11 is 6.84. The van der Waals surface area contributed by atoms with Gasteiger partial charge >= 0.3 is 0 Å². The van der Waals surface area contributed by atoms with Crippen molar-refractivity contribution < 1.29 is 4.79 Å². The Labute approximate surface area is 176 Å². The van der Waals surface area contributed by atoms with Crippen molar-refractivity contribution in [3.05, 3.63) is 76.7 Å². The fourth-order valence-electron chi connectivity index (χ4n) is 3.15. The maximum atomic E-state index is 12.9. The monoisotopic (exact) mass is 408 g/mol. The van der Waals surface area contributed by atoms with Gasteiger partial charge in [-0.05, 0) is 62.2 Å². The first-order valence-electron chi connectivity index (χ1n) is 9.39. The number of benzene rings is 2. The summed E-state index contributed by atoms with van der Waals surface area (Å²) in [6.07, 6.45) is 3.97. The molecule has 1 saturated heterocycles. The molecule has 0 aromatic heterocycles. The molecule has 0 spiro atoms. The Morgan fingerprint density at radius 2 is 1.71 bits per heavy atom. The Morgan fingerprint density at radius 1 is 1.07 bits per heavy atom. The van der Waals surface area contributed by atoms with Crippen LogP contribution in [0.25, 0.3) is 6.08 Å². The van der Waals surface area contributed by atoms with Crippen LogP contribution >= 0.6 is 24.0 Å². The van der Waals surface area contributed by atoms with E-state index in [0.29, 0.717) is 9.23 Å². The third kappa shape index (κ3) is 4.54. The number of thioether (sulfide) groups is 1. The van der Waals surface area contributed by atoms with Gasteiger partial charge in [-0.1, -0.05) is 60.4 Å². The van der Waals surface area contributed by atoms with Crippen LogP contribution in [0.1, 0.15) is 26.3 Å². The molecule has 5 heteroatoms. The van der Waals surface area contributed by atoms with Gasteiger partial charge in [0.2, 0.25) is 0 Å². The van der Waals surface area contributed by atoms with E-state index in [0.717, 1.165) is 35.6 Å². The quantitative estimate of drug-likeness (QED) is 0.439. The molecule has 0 saturated carbocycles. The van der Waals surface area contributed by atoms with Crippen molar-refractivity contribution in [1.82, 2.24) is 0 Å². The first-order chi connectivity index (χ1) is 13.5. The van der Waals surface area contributed by atoms with Crippen LogP contribution in [-0.4, -0.2) is 23.3 Å². The highest BCUT2D eigenvalue weighted by molar-refractivity contribution is 8.27. The molecule has 1 aliphatic rings. The summed E-state index contributed by atoms with van der Waals surface area (Å²) < 4.78 is 0.569. The Kier molecular flexibility index (Phi) is 6.70. The lowest BCUT2D eigenvalue weighted by Gasteiger charge is -2.22. The molecule has 0 aliphatic carbocycles. The summed E-state index contributed by atoms with van der Waals surface area (Å²) in [7, 11) is 0. The highest BCUT2D eigenvalue weighted by Gasteiger charge is 2.33. The topological polar surface area (TPSA) is 23.6 Å². The number of nitrogens with zero attached hydrogens (tertiary/aromatic N) is 2. The summed E-state index contributed by atoms with van der Waals surface area (Å²) in [4.78, 5) is 17.5. The molecule has 0 unspecified atom stereocenters. The number of rotatable bonds is 6. The van der Waals surface area contributed by atoms with E-state index in [4.69, 9.17) is 12.2 Å². The van der Waals surface area contributed by atoms with Crippen LogP contribution < -0.4 is 9.80 Å². The van der Waals surface area contributed by atoms with E-state index >= 15 is 0 Å². The molecule has 2 aromatic rings. The van der Waals surface area contributed by atoms with E-state index in [1.54, 1.807) is 4.90 Å². The summed E-state index contributed by atoms with van der Waals surface area (Å²) in [6.45, 7) is 8.17. The average molecular weight is 409 g/mol. The fraction of sp³-hybridized carbons (Fsp3) is 0.217. The minimum absolute atomic E-state index is 0.0635. The summed E-state index contributed by atoms with van der Waals surface area (Å²) in [5, 5.41) is 0. The maximum Gasteiger partial charge on any atom is 0.270 e. The van der Waals surface area contributed by atoms with Crippen LogP contribution in [0.3, 0.4) is 0 Å². The molecule has 1 heterocycles. The first kappa shape index (κ1) is 20.4. The van der Waals surface area contributed by atoms with Crippen molar-refractivity contribution in [2.75, 3.05) is 22.9 Å². The lowest BCUT2D eigenvalue weighted by atomic mass is 10.1. The highest BCUT2D eigenvalue weighted by atomic mass is 32.2. The van der Waals surface area contributed by atoms with Gasteiger partial charge < -0.3 is 4.90 Å². The second-order valence-electron chi connectivity index (χ2n) is 6.50. The predicted molar refractivity (Wildman–Crippen MR) is 126 cm³/mol. The second kappa shape index (κ2) is 9.22. The van der Waals surface area contributed by atoms with E-state index < -0.39 is 0 Å². The van der Waals surface area contributed by atoms with Crippen LogP contribution in [0.15, 0.2) is 71.2 Å². The zero-order valence-electron chi connectivity index (χ0n) is 16.4. The van der Waals surface area contributed by atoms with Gasteiger partial charge in [-0.2, -0.15) is 0 Å². The van der Waals surface area contributed by atoms with Crippen molar-refractivity contribution in [3.63, 3.8) is 0 Å². The van der Waals surface area contributed by atoms with Gasteiger partial charge in [0.25, 0.3) is 5.91 Å². The highest BCUT2D eigenvalue weighted by Crippen LogP contribution is 2.36. The van der Waals surface area contributed by atoms with E-state index in [9.17, 15) is 4.79 Å². The molecule has 0 radical (unpaired) electrons. The van der Waals surface area contributed by atoms with E-state index in [2.05, 4.69) is 24.8 Å². The van der Waals surface area contributed by atoms with Crippen LogP contribution in [-0.2, 0) is 4.79 Å². The number of hydrogen-bond donors (Lipinski definition) is 0. The lowest BCUT2D eigenvalue weighted by molar-refractivity contribution is -0.113. The van der Waals surface area contributed by atoms with Crippen LogP contribution in [0, 0.1) is 0 Å². The normalized spacial score (nSPS) is 16.2. The van der Waals surface area contributed by atoms with Gasteiger partial charge in [-0.15, -0.1) is 0 Å². The smallest absolute Gasteiger partial charge is 0.270 e. The molecule has 1 amide bonds. The molecule has 0 bridgehead atoms. The largest absolute Gasteiger partial charge is 0.372 e. The van der Waals surface area contributed by atoms with Crippen molar-refractivity contribution in [2.24, 2.45) is 0 Å². The van der Waals surface area contributed by atoms with Crippen molar-refractivity contribution in [3.8, 4) is 0 Å². The van der Waals surface area contributed by atoms with Gasteiger partial charge in [-0.25, -0.2) is 0 Å². The number of allylic oxidation sites excluding steroid dienone is 2. The summed E-state index contributed by atoms with van der Waals surface area (Å²) in [5.41, 5.74) is 4.09. The molecule has 0 atom stereocenters. The zero-order valence-corrected chi connectivity index (χ0v) is 18.0. The number of thiocarbonyl (C=S) groups is 1. The number of anilines is 2. The van der Waals surface area contributed by atoms with Gasteiger partial charge in [-0.3, -0.25) is 9.69 Å². The SMILES string of the molecule is CCN(CC)c1ccc(N2C(=O)C(=CC(C)=Cc3ccccc3)SC2=S)cc1. The van der Waals surface area contributed by atoms with Crippen LogP contribution in [0.2, 0.25) is 0 Å². The molecular weight excluding hydrogens is 384 g/mol.